The average molecular weight is 435 g/mol. The Morgan fingerprint density at radius 2 is 1.59 bits per heavy atom. The zero-order valence-electron chi connectivity index (χ0n) is 18.2. The van der Waals surface area contributed by atoms with E-state index in [1.165, 1.54) is 5.56 Å². The summed E-state index contributed by atoms with van der Waals surface area (Å²) in [4.78, 5) is 41.1. The molecule has 168 valence electrons. The number of anilines is 1. The van der Waals surface area contributed by atoms with E-state index in [1.807, 2.05) is 48.5 Å². The van der Waals surface area contributed by atoms with Crippen LogP contribution in [-0.2, 0) is 16.0 Å². The minimum Gasteiger partial charge on any atom is -0.353 e. The lowest BCUT2D eigenvalue weighted by molar-refractivity contribution is -0.129. The maximum absolute atomic E-state index is 12.8. The van der Waals surface area contributed by atoms with Gasteiger partial charge in [0.15, 0.2) is 0 Å². The molecule has 0 bridgehead atoms. The third-order valence-electron chi connectivity index (χ3n) is 6.25. The molecule has 0 spiro atoms. The fourth-order valence-corrected chi connectivity index (χ4v) is 4.34. The van der Waals surface area contributed by atoms with Crippen molar-refractivity contribution in [1.29, 1.82) is 0 Å². The van der Waals surface area contributed by atoms with Gasteiger partial charge in [0.1, 0.15) is 0 Å². The summed E-state index contributed by atoms with van der Waals surface area (Å²) >= 11 is 0. The van der Waals surface area contributed by atoms with Gasteiger partial charge in [-0.25, -0.2) is 4.79 Å². The highest BCUT2D eigenvalue weighted by atomic mass is 16.2. The minimum atomic E-state index is -0.294. The molecule has 0 saturated carbocycles. The SMILES string of the molecule is O=C(NC1CCN(C(=O)Nc2ccccc2)CC1)C1CC(=O)N(CCc2ccccc2)C1. The molecule has 1 atom stereocenters. The van der Waals surface area contributed by atoms with Gasteiger partial charge in [0, 0.05) is 44.3 Å². The Kier molecular flexibility index (Phi) is 7.04. The maximum Gasteiger partial charge on any atom is 0.321 e. The van der Waals surface area contributed by atoms with Crippen LogP contribution in [0.1, 0.15) is 24.8 Å². The molecule has 7 nitrogen and oxygen atoms in total. The number of benzene rings is 2. The second-order valence-electron chi connectivity index (χ2n) is 8.54. The first-order valence-electron chi connectivity index (χ1n) is 11.3. The molecule has 2 aromatic carbocycles. The molecule has 2 saturated heterocycles. The monoisotopic (exact) mass is 434 g/mol. The largest absolute Gasteiger partial charge is 0.353 e. The van der Waals surface area contributed by atoms with Crippen LogP contribution in [-0.4, -0.2) is 59.9 Å². The van der Waals surface area contributed by atoms with E-state index in [-0.39, 0.29) is 36.2 Å². The van der Waals surface area contributed by atoms with Crippen LogP contribution < -0.4 is 10.6 Å². The molecule has 2 N–H and O–H groups in total. The zero-order valence-corrected chi connectivity index (χ0v) is 18.2. The van der Waals surface area contributed by atoms with Crippen molar-refractivity contribution >= 4 is 23.5 Å². The van der Waals surface area contributed by atoms with Gasteiger partial charge < -0.3 is 20.4 Å². The fraction of sp³-hybridized carbons (Fsp3) is 0.400. The van der Waals surface area contributed by atoms with Gasteiger partial charge in [-0.3, -0.25) is 9.59 Å². The normalized spacial score (nSPS) is 19.1. The first-order chi connectivity index (χ1) is 15.6. The van der Waals surface area contributed by atoms with Crippen LogP contribution in [0.2, 0.25) is 0 Å². The second-order valence-corrected chi connectivity index (χ2v) is 8.54. The smallest absolute Gasteiger partial charge is 0.321 e. The van der Waals surface area contributed by atoms with Gasteiger partial charge in [0.2, 0.25) is 11.8 Å². The lowest BCUT2D eigenvalue weighted by Crippen LogP contribution is -2.49. The van der Waals surface area contributed by atoms with Gasteiger partial charge in [-0.1, -0.05) is 48.5 Å². The lowest BCUT2D eigenvalue weighted by Gasteiger charge is -2.32. The summed E-state index contributed by atoms with van der Waals surface area (Å²) in [6.07, 6.45) is 2.50. The number of likely N-dealkylation sites (tertiary alicyclic amines) is 2. The molecule has 0 aromatic heterocycles. The maximum atomic E-state index is 12.8. The average Bonchev–Trinajstić information content (AvgIpc) is 3.20. The topological polar surface area (TPSA) is 81.8 Å². The van der Waals surface area contributed by atoms with Gasteiger partial charge in [0.05, 0.1) is 5.92 Å². The number of urea groups is 1. The Hall–Kier alpha value is -3.35. The van der Waals surface area contributed by atoms with Crippen molar-refractivity contribution in [3.63, 3.8) is 0 Å². The lowest BCUT2D eigenvalue weighted by atomic mass is 10.0. The third-order valence-corrected chi connectivity index (χ3v) is 6.25. The van der Waals surface area contributed by atoms with Crippen LogP contribution in [0.25, 0.3) is 0 Å². The summed E-state index contributed by atoms with van der Waals surface area (Å²) < 4.78 is 0. The molecule has 32 heavy (non-hydrogen) atoms. The number of hydrogen-bond donors (Lipinski definition) is 2. The zero-order chi connectivity index (χ0) is 22.3. The number of piperidine rings is 1. The number of carbonyl (C=O) groups excluding carboxylic acids is 3. The number of amides is 4. The van der Waals surface area contributed by atoms with E-state index in [0.717, 1.165) is 12.1 Å². The second kappa shape index (κ2) is 10.3. The molecule has 0 aliphatic carbocycles. The van der Waals surface area contributed by atoms with Gasteiger partial charge in [-0.05, 0) is 37.0 Å². The molecular weight excluding hydrogens is 404 g/mol. The number of hydrogen-bond acceptors (Lipinski definition) is 3. The molecular formula is C25H30N4O3. The van der Waals surface area contributed by atoms with Crippen LogP contribution in [0.5, 0.6) is 0 Å². The quantitative estimate of drug-likeness (QED) is 0.734. The van der Waals surface area contributed by atoms with Crippen molar-refractivity contribution in [3.05, 3.63) is 66.2 Å². The Morgan fingerprint density at radius 3 is 2.28 bits per heavy atom. The van der Waals surface area contributed by atoms with Crippen molar-refractivity contribution < 1.29 is 14.4 Å². The van der Waals surface area contributed by atoms with Crippen molar-refractivity contribution in [1.82, 2.24) is 15.1 Å². The van der Waals surface area contributed by atoms with Crippen LogP contribution >= 0.6 is 0 Å². The highest BCUT2D eigenvalue weighted by Crippen LogP contribution is 2.20. The van der Waals surface area contributed by atoms with E-state index >= 15 is 0 Å². The van der Waals surface area contributed by atoms with Crippen LogP contribution in [0, 0.1) is 5.92 Å². The standard InChI is InChI=1S/C25H30N4O3/c30-23-17-20(18-29(23)14-11-19-7-3-1-4-8-19)24(31)26-22-12-15-28(16-13-22)25(32)27-21-9-5-2-6-10-21/h1-10,20,22H,11-18H2,(H,26,31)(H,27,32). The van der Waals surface area contributed by atoms with Gasteiger partial charge in [0.25, 0.3) is 0 Å². The Bertz CT molecular complexity index is 927. The Balaban J connectivity index is 1.19. The van der Waals surface area contributed by atoms with Crippen molar-refractivity contribution in [3.8, 4) is 0 Å². The number of nitrogens with zero attached hydrogens (tertiary/aromatic N) is 2. The molecule has 2 heterocycles. The molecule has 2 aliphatic rings. The van der Waals surface area contributed by atoms with E-state index < -0.39 is 0 Å². The summed E-state index contributed by atoms with van der Waals surface area (Å²) in [5, 5.41) is 6.01. The van der Waals surface area contributed by atoms with Gasteiger partial charge in [-0.15, -0.1) is 0 Å². The molecule has 1 unspecified atom stereocenters. The summed E-state index contributed by atoms with van der Waals surface area (Å²) in [7, 11) is 0. The van der Waals surface area contributed by atoms with Crippen LogP contribution in [0.3, 0.4) is 0 Å². The Labute approximate surface area is 188 Å². The molecule has 2 aliphatic heterocycles. The van der Waals surface area contributed by atoms with Crippen molar-refractivity contribution in [2.45, 2.75) is 31.7 Å². The van der Waals surface area contributed by atoms with E-state index in [9.17, 15) is 14.4 Å². The van der Waals surface area contributed by atoms with Gasteiger partial charge >= 0.3 is 6.03 Å². The Morgan fingerprint density at radius 1 is 0.938 bits per heavy atom. The predicted octanol–water partition coefficient (Wildman–Crippen LogP) is 2.89. The van der Waals surface area contributed by atoms with Crippen molar-refractivity contribution in [2.75, 3.05) is 31.5 Å². The summed E-state index contributed by atoms with van der Waals surface area (Å²) in [6, 6.07) is 19.4. The molecule has 7 heteroatoms. The molecule has 0 radical (unpaired) electrons. The summed E-state index contributed by atoms with van der Waals surface area (Å²) in [5.74, 6) is -0.293. The van der Waals surface area contributed by atoms with E-state index in [4.69, 9.17) is 0 Å². The number of para-hydroxylation sites is 1. The van der Waals surface area contributed by atoms with E-state index in [2.05, 4.69) is 22.8 Å². The highest BCUT2D eigenvalue weighted by Gasteiger charge is 2.35. The number of nitrogens with one attached hydrogen (secondary N) is 2. The van der Waals surface area contributed by atoms with Crippen LogP contribution in [0.15, 0.2) is 60.7 Å². The van der Waals surface area contributed by atoms with Gasteiger partial charge in [-0.2, -0.15) is 0 Å². The first kappa shape index (κ1) is 21.9. The molecule has 2 fully saturated rings. The van der Waals surface area contributed by atoms with Crippen LogP contribution in [0.4, 0.5) is 10.5 Å². The van der Waals surface area contributed by atoms with Crippen molar-refractivity contribution in [2.24, 2.45) is 5.92 Å². The number of rotatable bonds is 6. The van der Waals surface area contributed by atoms with E-state index in [1.54, 1.807) is 9.80 Å². The summed E-state index contributed by atoms with van der Waals surface area (Å²) in [5.41, 5.74) is 1.96. The first-order valence-corrected chi connectivity index (χ1v) is 11.3. The molecule has 4 amide bonds. The highest BCUT2D eigenvalue weighted by molar-refractivity contribution is 5.90. The molecule has 4 rings (SSSR count). The minimum absolute atomic E-state index is 0.0387. The summed E-state index contributed by atoms with van der Waals surface area (Å²) in [6.45, 7) is 2.31. The molecule has 2 aromatic rings. The predicted molar refractivity (Wildman–Crippen MR) is 123 cm³/mol. The fourth-order valence-electron chi connectivity index (χ4n) is 4.34. The van der Waals surface area contributed by atoms with E-state index in [0.29, 0.717) is 39.0 Å². The number of carbonyl (C=O) groups is 3. The third kappa shape index (κ3) is 5.66.